The first kappa shape index (κ1) is 27.7. The van der Waals surface area contributed by atoms with Crippen molar-refractivity contribution in [1.29, 1.82) is 0 Å². The molecule has 2 nitrogen and oxygen atoms in total. The predicted octanol–water partition coefficient (Wildman–Crippen LogP) is 9.54. The molecular weight excluding hydrogens is 402 g/mol. The molecule has 0 bridgehead atoms. The van der Waals surface area contributed by atoms with Crippen LogP contribution in [0.25, 0.3) is 0 Å². The molecule has 1 amide bonds. The summed E-state index contributed by atoms with van der Waals surface area (Å²) in [5.74, 6) is 1.07. The zero-order chi connectivity index (χ0) is 24.6. The summed E-state index contributed by atoms with van der Waals surface area (Å²) in [5, 5.41) is 0. The molecule has 1 aliphatic heterocycles. The van der Waals surface area contributed by atoms with Crippen molar-refractivity contribution in [1.82, 2.24) is 0 Å². The predicted molar refractivity (Wildman–Crippen MR) is 145 cm³/mol. The number of unbranched alkanes of at least 4 members (excludes halogenated alkanes) is 6. The number of carbonyl (C=O) groups excluding carboxylic acids is 1. The number of hydrogen-bond acceptors (Lipinski definition) is 1. The third-order valence-electron chi connectivity index (χ3n) is 7.41. The summed E-state index contributed by atoms with van der Waals surface area (Å²) in [6, 6.07) is 6.64. The molecule has 1 aliphatic rings. The summed E-state index contributed by atoms with van der Waals surface area (Å²) in [5.41, 5.74) is 6.40. The largest absolute Gasteiger partial charge is 0.307 e. The van der Waals surface area contributed by atoms with E-state index in [0.717, 1.165) is 31.4 Å². The zero-order valence-electron chi connectivity index (χ0n) is 23.0. The first-order chi connectivity index (χ1) is 15.7. The van der Waals surface area contributed by atoms with Crippen molar-refractivity contribution in [3.63, 3.8) is 0 Å². The van der Waals surface area contributed by atoms with Crippen LogP contribution in [-0.4, -0.2) is 12.5 Å². The molecule has 33 heavy (non-hydrogen) atoms. The summed E-state index contributed by atoms with van der Waals surface area (Å²) in [7, 11) is 0. The van der Waals surface area contributed by atoms with Gasteiger partial charge < -0.3 is 4.90 Å². The molecule has 0 N–H and O–H groups in total. The summed E-state index contributed by atoms with van der Waals surface area (Å²) in [6.45, 7) is 19.1. The van der Waals surface area contributed by atoms with E-state index >= 15 is 0 Å². The van der Waals surface area contributed by atoms with Crippen LogP contribution < -0.4 is 4.90 Å². The highest BCUT2D eigenvalue weighted by atomic mass is 16.2. The molecule has 0 aromatic heterocycles. The Bertz CT molecular complexity index is 773. The second-order valence-corrected chi connectivity index (χ2v) is 11.4. The Morgan fingerprint density at radius 2 is 1.33 bits per heavy atom. The molecule has 0 spiro atoms. The molecule has 1 heterocycles. The second-order valence-electron chi connectivity index (χ2n) is 11.4. The number of nitrogens with zero attached hydrogens (tertiary/aromatic N) is 1. The average Bonchev–Trinajstić information content (AvgIpc) is 2.76. The third-order valence-corrected chi connectivity index (χ3v) is 7.41. The van der Waals surface area contributed by atoms with Gasteiger partial charge in [0, 0.05) is 17.5 Å². The first-order valence-electron chi connectivity index (χ1n) is 13.8. The molecule has 0 saturated heterocycles. The van der Waals surface area contributed by atoms with E-state index in [1.165, 1.54) is 67.3 Å². The number of para-hydroxylation sites is 1. The van der Waals surface area contributed by atoms with Gasteiger partial charge in [0.25, 0.3) is 5.91 Å². The Kier molecular flexibility index (Phi) is 10.7. The van der Waals surface area contributed by atoms with Crippen LogP contribution in [0.4, 0.5) is 5.69 Å². The van der Waals surface area contributed by atoms with E-state index in [9.17, 15) is 4.79 Å². The van der Waals surface area contributed by atoms with E-state index in [2.05, 4.69) is 78.5 Å². The lowest BCUT2D eigenvalue weighted by Crippen LogP contribution is -2.47. The first-order valence-corrected chi connectivity index (χ1v) is 13.8. The van der Waals surface area contributed by atoms with Gasteiger partial charge >= 0.3 is 0 Å². The summed E-state index contributed by atoms with van der Waals surface area (Å²) in [4.78, 5) is 16.4. The van der Waals surface area contributed by atoms with E-state index < -0.39 is 0 Å². The minimum absolute atomic E-state index is 0.0125. The van der Waals surface area contributed by atoms with E-state index in [0.29, 0.717) is 11.8 Å². The molecule has 2 rings (SSSR count). The van der Waals surface area contributed by atoms with Gasteiger partial charge in [-0.15, -0.1) is 0 Å². The van der Waals surface area contributed by atoms with E-state index in [-0.39, 0.29) is 11.3 Å². The van der Waals surface area contributed by atoms with Crippen molar-refractivity contribution in [3.8, 4) is 0 Å². The van der Waals surface area contributed by atoms with E-state index in [1.807, 2.05) is 0 Å². The number of rotatable bonds is 13. The number of amides is 1. The van der Waals surface area contributed by atoms with Crippen molar-refractivity contribution in [2.75, 3.05) is 11.4 Å². The lowest BCUT2D eigenvalue weighted by atomic mass is 9.73. The van der Waals surface area contributed by atoms with E-state index in [1.54, 1.807) is 0 Å². The molecule has 2 heteroatoms. The second kappa shape index (κ2) is 12.8. The summed E-state index contributed by atoms with van der Waals surface area (Å²) < 4.78 is 0. The van der Waals surface area contributed by atoms with Gasteiger partial charge in [0.1, 0.15) is 0 Å². The van der Waals surface area contributed by atoms with Crippen LogP contribution in [0.5, 0.6) is 0 Å². The van der Waals surface area contributed by atoms with Crippen LogP contribution in [0.3, 0.4) is 0 Å². The van der Waals surface area contributed by atoms with Crippen LogP contribution in [-0.2, 0) is 4.79 Å². The third kappa shape index (κ3) is 6.96. The molecule has 1 aromatic rings. The maximum Gasteiger partial charge on any atom is 0.254 e. The van der Waals surface area contributed by atoms with Crippen molar-refractivity contribution in [3.05, 3.63) is 40.5 Å². The number of anilines is 1. The fraction of sp³-hybridized carbons (Fsp3) is 0.710. The highest BCUT2D eigenvalue weighted by Gasteiger charge is 2.40. The molecule has 0 radical (unpaired) electrons. The quantitative estimate of drug-likeness (QED) is 0.272. The molecular formula is C31H51NO. The van der Waals surface area contributed by atoms with Crippen LogP contribution >= 0.6 is 0 Å². The molecule has 0 fully saturated rings. The number of benzene rings is 1. The number of hydrogen-bond donors (Lipinski definition) is 0. The number of carbonyl (C=O) groups is 1. The lowest BCUT2D eigenvalue weighted by Gasteiger charge is -2.43. The van der Waals surface area contributed by atoms with Crippen molar-refractivity contribution < 1.29 is 4.79 Å². The van der Waals surface area contributed by atoms with Crippen LogP contribution in [0, 0.1) is 5.41 Å². The smallest absolute Gasteiger partial charge is 0.254 e. The fourth-order valence-electron chi connectivity index (χ4n) is 5.47. The molecule has 0 atom stereocenters. The van der Waals surface area contributed by atoms with Gasteiger partial charge in [-0.25, -0.2) is 0 Å². The van der Waals surface area contributed by atoms with Crippen molar-refractivity contribution in [2.45, 2.75) is 131 Å². The van der Waals surface area contributed by atoms with Crippen LogP contribution in [0.15, 0.2) is 29.3 Å². The Balaban J connectivity index is 2.53. The normalized spacial score (nSPS) is 16.4. The standard InChI is InChI=1S/C31H51NO/c1-9-11-13-15-18-27-28(21-16-14-12-10-2)31(7,8)22-32(30(27)33)29-25(23(3)4)19-17-20-26(29)24(5)6/h17,19-20,23-24H,9-16,18,21-22H2,1-8H3. The molecule has 0 aliphatic carbocycles. The summed E-state index contributed by atoms with van der Waals surface area (Å²) >= 11 is 0. The van der Waals surface area contributed by atoms with Gasteiger partial charge in [-0.3, -0.25) is 4.79 Å². The molecule has 0 saturated carbocycles. The molecule has 0 unspecified atom stereocenters. The average molecular weight is 454 g/mol. The molecule has 1 aromatic carbocycles. The highest BCUT2D eigenvalue weighted by molar-refractivity contribution is 6.08. The monoisotopic (exact) mass is 453 g/mol. The Labute approximate surface area is 205 Å². The Hall–Kier alpha value is -1.57. The van der Waals surface area contributed by atoms with Gasteiger partial charge in [-0.05, 0) is 48.6 Å². The SMILES string of the molecule is CCCCCCC1=C(CCCCCC)C(C)(C)CN(c2c(C(C)C)cccc2C(C)C)C1=O. The Morgan fingerprint density at radius 3 is 1.82 bits per heavy atom. The topological polar surface area (TPSA) is 20.3 Å². The fourth-order valence-corrected chi connectivity index (χ4v) is 5.47. The minimum Gasteiger partial charge on any atom is -0.307 e. The maximum atomic E-state index is 14.2. The lowest BCUT2D eigenvalue weighted by molar-refractivity contribution is -0.116. The van der Waals surface area contributed by atoms with Gasteiger partial charge in [-0.1, -0.05) is 118 Å². The highest BCUT2D eigenvalue weighted by Crippen LogP contribution is 2.45. The zero-order valence-corrected chi connectivity index (χ0v) is 23.0. The van der Waals surface area contributed by atoms with Gasteiger partial charge in [0.15, 0.2) is 0 Å². The van der Waals surface area contributed by atoms with Gasteiger partial charge in [-0.2, -0.15) is 0 Å². The minimum atomic E-state index is 0.0125. The maximum absolute atomic E-state index is 14.2. The van der Waals surface area contributed by atoms with Gasteiger partial charge in [0.2, 0.25) is 0 Å². The summed E-state index contributed by atoms with van der Waals surface area (Å²) in [6.07, 6.45) is 11.9. The van der Waals surface area contributed by atoms with Crippen molar-refractivity contribution >= 4 is 11.6 Å². The van der Waals surface area contributed by atoms with Crippen molar-refractivity contribution in [2.24, 2.45) is 5.41 Å². The Morgan fingerprint density at radius 1 is 0.818 bits per heavy atom. The van der Waals surface area contributed by atoms with Gasteiger partial charge in [0.05, 0.1) is 5.69 Å². The van der Waals surface area contributed by atoms with Crippen LogP contribution in [0.2, 0.25) is 0 Å². The van der Waals surface area contributed by atoms with Crippen LogP contribution in [0.1, 0.15) is 143 Å². The van der Waals surface area contributed by atoms with E-state index in [4.69, 9.17) is 0 Å². The molecule has 186 valence electrons.